The van der Waals surface area contributed by atoms with Gasteiger partial charge in [0, 0.05) is 49.6 Å². The molecule has 0 radical (unpaired) electrons. The standard InChI is InChI=1S/C45H68O9S2Si2/c1-7-31-57(50-8-2,51-9-3)32-19-29-55-42(40-21-15-13-16-22-40)34-44(46)48-36-38-25-27-39(28-26-38)37-49-45(47)35-43(41-23-17-14-18-24-41)56-30-20-33-58(52-10-4,53-11-5)54-12-6/h13-18,21-28,42-43H,7-12,19-20,29-37H2,1-6H3. The molecule has 2 unspecified atom stereocenters. The molecule has 0 bridgehead atoms. The lowest BCUT2D eigenvalue weighted by molar-refractivity contribution is -0.146. The average molecular weight is 873 g/mol. The van der Waals surface area contributed by atoms with Crippen LogP contribution in [0.5, 0.6) is 0 Å². The molecule has 13 heteroatoms. The highest BCUT2D eigenvalue weighted by atomic mass is 32.2. The molecule has 0 saturated carbocycles. The lowest BCUT2D eigenvalue weighted by Gasteiger charge is -2.30. The predicted molar refractivity (Wildman–Crippen MR) is 242 cm³/mol. The van der Waals surface area contributed by atoms with Crippen molar-refractivity contribution in [2.45, 2.75) is 115 Å². The van der Waals surface area contributed by atoms with E-state index in [1.54, 1.807) is 23.5 Å². The largest absolute Gasteiger partial charge is 0.500 e. The van der Waals surface area contributed by atoms with Gasteiger partial charge in [0.05, 0.1) is 12.8 Å². The molecule has 2 atom stereocenters. The van der Waals surface area contributed by atoms with Crippen LogP contribution in [0.3, 0.4) is 0 Å². The second kappa shape index (κ2) is 28.9. The summed E-state index contributed by atoms with van der Waals surface area (Å²) in [4.78, 5) is 26.3. The van der Waals surface area contributed by atoms with E-state index in [-0.39, 0.29) is 48.5 Å². The summed E-state index contributed by atoms with van der Waals surface area (Å²) in [6.45, 7) is 15.5. The highest BCUT2D eigenvalue weighted by Crippen LogP contribution is 2.36. The van der Waals surface area contributed by atoms with E-state index in [1.807, 2.05) is 95.3 Å². The van der Waals surface area contributed by atoms with Crippen molar-refractivity contribution in [1.82, 2.24) is 0 Å². The fourth-order valence-electron chi connectivity index (χ4n) is 6.81. The van der Waals surface area contributed by atoms with Crippen LogP contribution in [0.2, 0.25) is 18.1 Å². The van der Waals surface area contributed by atoms with Gasteiger partial charge in [-0.05, 0) is 93.3 Å². The Kier molecular flexibility index (Phi) is 24.9. The van der Waals surface area contributed by atoms with E-state index in [2.05, 4.69) is 31.2 Å². The van der Waals surface area contributed by atoms with Crippen molar-refractivity contribution >= 4 is 52.8 Å². The molecule has 9 nitrogen and oxygen atoms in total. The van der Waals surface area contributed by atoms with Crippen LogP contribution in [0.4, 0.5) is 0 Å². The summed E-state index contributed by atoms with van der Waals surface area (Å²) in [6.07, 6.45) is 3.43. The van der Waals surface area contributed by atoms with Gasteiger partial charge >= 0.3 is 29.3 Å². The minimum Gasteiger partial charge on any atom is -0.461 e. The van der Waals surface area contributed by atoms with Gasteiger partial charge in [-0.25, -0.2) is 0 Å². The highest BCUT2D eigenvalue weighted by Gasteiger charge is 2.40. The maximum atomic E-state index is 13.1. The number of thioether (sulfide) groups is 2. The molecule has 0 aromatic heterocycles. The molecule has 0 N–H and O–H groups in total. The van der Waals surface area contributed by atoms with Gasteiger partial charge in [0.25, 0.3) is 0 Å². The van der Waals surface area contributed by atoms with Gasteiger partial charge in [-0.1, -0.05) is 98.3 Å². The van der Waals surface area contributed by atoms with Crippen LogP contribution in [0.1, 0.15) is 106 Å². The minimum absolute atomic E-state index is 0.00519. The van der Waals surface area contributed by atoms with Gasteiger partial charge in [-0.15, -0.1) is 0 Å². The van der Waals surface area contributed by atoms with E-state index in [1.165, 1.54) is 0 Å². The normalized spacial score (nSPS) is 12.9. The zero-order valence-electron chi connectivity index (χ0n) is 35.7. The Bertz CT molecular complexity index is 1390. The van der Waals surface area contributed by atoms with Crippen molar-refractivity contribution in [2.75, 3.05) is 44.5 Å². The summed E-state index contributed by atoms with van der Waals surface area (Å²) >= 11 is 3.54. The highest BCUT2D eigenvalue weighted by molar-refractivity contribution is 7.99. The Balaban J connectivity index is 1.49. The van der Waals surface area contributed by atoms with E-state index >= 15 is 0 Å². The Morgan fingerprint density at radius 1 is 0.517 bits per heavy atom. The average Bonchev–Trinajstić information content (AvgIpc) is 3.23. The third-order valence-electron chi connectivity index (χ3n) is 9.38. The van der Waals surface area contributed by atoms with E-state index in [0.29, 0.717) is 33.0 Å². The van der Waals surface area contributed by atoms with Crippen molar-refractivity contribution < 1.29 is 41.2 Å². The molecule has 0 spiro atoms. The first-order valence-electron chi connectivity index (χ1n) is 21.2. The first-order chi connectivity index (χ1) is 28.2. The maximum Gasteiger partial charge on any atom is 0.500 e. The molecular weight excluding hydrogens is 805 g/mol. The van der Waals surface area contributed by atoms with Crippen molar-refractivity contribution in [1.29, 1.82) is 0 Å². The Morgan fingerprint density at radius 2 is 0.914 bits per heavy atom. The molecule has 3 aromatic carbocycles. The molecule has 0 aliphatic heterocycles. The van der Waals surface area contributed by atoms with Crippen molar-refractivity contribution in [3.8, 4) is 0 Å². The molecule has 0 amide bonds. The third kappa shape index (κ3) is 18.4. The molecule has 0 aliphatic rings. The van der Waals surface area contributed by atoms with Crippen molar-refractivity contribution in [3.63, 3.8) is 0 Å². The van der Waals surface area contributed by atoms with E-state index in [0.717, 1.165) is 71.2 Å². The topological polar surface area (TPSA) is 98.8 Å². The second-order valence-electron chi connectivity index (χ2n) is 13.8. The van der Waals surface area contributed by atoms with Crippen LogP contribution < -0.4 is 0 Å². The summed E-state index contributed by atoms with van der Waals surface area (Å²) < 4.78 is 42.1. The van der Waals surface area contributed by atoms with Gasteiger partial charge in [-0.3, -0.25) is 9.59 Å². The first kappa shape index (κ1) is 49.9. The van der Waals surface area contributed by atoms with Gasteiger partial charge in [0.1, 0.15) is 13.2 Å². The number of ether oxygens (including phenoxy) is 2. The van der Waals surface area contributed by atoms with Gasteiger partial charge in [0.15, 0.2) is 0 Å². The molecule has 3 aromatic rings. The van der Waals surface area contributed by atoms with Gasteiger partial charge in [0.2, 0.25) is 0 Å². The molecule has 0 fully saturated rings. The number of carbonyl (C=O) groups is 2. The summed E-state index contributed by atoms with van der Waals surface area (Å²) in [6, 6.07) is 30.6. The Labute approximate surface area is 359 Å². The number of esters is 2. The van der Waals surface area contributed by atoms with Crippen LogP contribution in [0, 0.1) is 0 Å². The Hall–Kier alpha value is -2.47. The quantitative estimate of drug-likeness (QED) is 0.0341. The van der Waals surface area contributed by atoms with Crippen LogP contribution in [-0.2, 0) is 54.4 Å². The van der Waals surface area contributed by atoms with Crippen LogP contribution in [-0.4, -0.2) is 73.8 Å². The van der Waals surface area contributed by atoms with Gasteiger partial charge < -0.3 is 31.6 Å². The maximum absolute atomic E-state index is 13.1. The summed E-state index contributed by atoms with van der Waals surface area (Å²) in [5.74, 6) is 1.25. The SMILES string of the molecule is CCC[Si](CCCSC(CC(=O)OCc1ccc(COC(=O)CC(SCCC[Si](OCC)(OCC)OCC)c2ccccc2)cc1)c1ccccc1)(OCC)OCC. The zero-order chi connectivity index (χ0) is 41.9. The van der Waals surface area contributed by atoms with Crippen molar-refractivity contribution in [3.05, 3.63) is 107 Å². The molecule has 322 valence electrons. The summed E-state index contributed by atoms with van der Waals surface area (Å²) in [7, 11) is -4.94. The zero-order valence-corrected chi connectivity index (χ0v) is 39.4. The van der Waals surface area contributed by atoms with Crippen LogP contribution in [0.15, 0.2) is 84.9 Å². The molecule has 58 heavy (non-hydrogen) atoms. The van der Waals surface area contributed by atoms with Crippen molar-refractivity contribution in [2.24, 2.45) is 0 Å². The number of hydrogen-bond acceptors (Lipinski definition) is 11. The first-order valence-corrected chi connectivity index (χ1v) is 27.4. The summed E-state index contributed by atoms with van der Waals surface area (Å²) in [5, 5.41) is -0.0462. The smallest absolute Gasteiger partial charge is 0.461 e. The fourth-order valence-corrected chi connectivity index (χ4v) is 15.8. The molecule has 0 saturated heterocycles. The number of hydrogen-bond donors (Lipinski definition) is 0. The van der Waals surface area contributed by atoms with Crippen LogP contribution >= 0.6 is 23.5 Å². The molecule has 3 rings (SSSR count). The Morgan fingerprint density at radius 3 is 1.29 bits per heavy atom. The molecule has 0 aliphatic carbocycles. The lowest BCUT2D eigenvalue weighted by atomic mass is 10.1. The number of rotatable bonds is 32. The lowest BCUT2D eigenvalue weighted by Crippen LogP contribution is -2.46. The fraction of sp³-hybridized carbons (Fsp3) is 0.556. The third-order valence-corrected chi connectivity index (χ3v) is 19.3. The van der Waals surface area contributed by atoms with E-state index in [9.17, 15) is 9.59 Å². The predicted octanol–water partition coefficient (Wildman–Crippen LogP) is 11.3. The monoisotopic (exact) mass is 872 g/mol. The summed E-state index contributed by atoms with van der Waals surface area (Å²) in [5.41, 5.74) is 3.96. The van der Waals surface area contributed by atoms with E-state index in [4.69, 9.17) is 31.6 Å². The molecular formula is C45H68O9S2Si2. The molecule has 0 heterocycles. The van der Waals surface area contributed by atoms with E-state index < -0.39 is 17.4 Å². The number of carbonyl (C=O) groups excluding carboxylic acids is 2. The number of benzene rings is 3. The van der Waals surface area contributed by atoms with Crippen LogP contribution in [0.25, 0.3) is 0 Å². The van der Waals surface area contributed by atoms with Gasteiger partial charge in [-0.2, -0.15) is 23.5 Å². The second-order valence-corrected chi connectivity index (χ2v) is 22.6. The minimum atomic E-state index is -2.72.